The van der Waals surface area contributed by atoms with E-state index in [9.17, 15) is 4.79 Å². The normalized spacial score (nSPS) is 20.6. The summed E-state index contributed by atoms with van der Waals surface area (Å²) in [6.45, 7) is 4.56. The topological polar surface area (TPSA) is 64.2 Å². The maximum Gasteiger partial charge on any atom is 0.222 e. The molecule has 2 N–H and O–H groups in total. The number of nitrogens with zero attached hydrogens (tertiary/aromatic N) is 3. The lowest BCUT2D eigenvalue weighted by Gasteiger charge is -2.20. The monoisotopic (exact) mass is 264 g/mol. The molecule has 106 valence electrons. The minimum Gasteiger partial charge on any atom is -0.382 e. The van der Waals surface area contributed by atoms with Crippen LogP contribution in [0.15, 0.2) is 12.3 Å². The van der Waals surface area contributed by atoms with Gasteiger partial charge in [-0.2, -0.15) is 5.10 Å². The van der Waals surface area contributed by atoms with Gasteiger partial charge in [0.2, 0.25) is 5.91 Å². The maximum absolute atomic E-state index is 12.1. The van der Waals surface area contributed by atoms with E-state index < -0.39 is 0 Å². The molecule has 0 spiro atoms. The highest BCUT2D eigenvalue weighted by Crippen LogP contribution is 2.22. The Morgan fingerprint density at radius 1 is 1.42 bits per heavy atom. The van der Waals surface area contributed by atoms with Crippen LogP contribution in [0.3, 0.4) is 0 Å². The van der Waals surface area contributed by atoms with E-state index in [1.165, 1.54) is 12.8 Å². The zero-order chi connectivity index (χ0) is 13.7. The number of amides is 1. The Hall–Kier alpha value is -1.52. The molecular formula is C14H24N4O. The fourth-order valence-corrected chi connectivity index (χ4v) is 2.75. The Balaban J connectivity index is 1.83. The summed E-state index contributed by atoms with van der Waals surface area (Å²) >= 11 is 0. The lowest BCUT2D eigenvalue weighted by atomic mass is 9.96. The fourth-order valence-electron chi connectivity index (χ4n) is 2.75. The molecule has 2 heterocycles. The number of aromatic nitrogens is 2. The molecule has 1 aromatic rings. The van der Waals surface area contributed by atoms with Crippen LogP contribution in [0.2, 0.25) is 0 Å². The summed E-state index contributed by atoms with van der Waals surface area (Å²) in [5.41, 5.74) is 5.58. The van der Waals surface area contributed by atoms with Gasteiger partial charge in [0.05, 0.1) is 6.54 Å². The second-order valence-corrected chi connectivity index (χ2v) is 5.37. The highest BCUT2D eigenvalue weighted by Gasteiger charge is 2.21. The van der Waals surface area contributed by atoms with E-state index >= 15 is 0 Å². The minimum atomic E-state index is 0.290. The number of rotatable bonds is 5. The molecular weight excluding hydrogens is 240 g/mol. The molecule has 19 heavy (non-hydrogen) atoms. The van der Waals surface area contributed by atoms with Gasteiger partial charge in [-0.1, -0.05) is 19.8 Å². The van der Waals surface area contributed by atoms with Crippen molar-refractivity contribution in [2.45, 2.75) is 45.6 Å². The Bertz CT molecular complexity index is 415. The van der Waals surface area contributed by atoms with Gasteiger partial charge in [0.15, 0.2) is 0 Å². The van der Waals surface area contributed by atoms with E-state index in [1.54, 1.807) is 10.7 Å². The number of carbonyl (C=O) groups is 1. The van der Waals surface area contributed by atoms with Gasteiger partial charge >= 0.3 is 0 Å². The molecule has 1 saturated heterocycles. The van der Waals surface area contributed by atoms with Crippen LogP contribution in [0.1, 0.15) is 39.0 Å². The number of carbonyl (C=O) groups excluding carboxylic acids is 1. The van der Waals surface area contributed by atoms with Crippen LogP contribution in [-0.2, 0) is 11.3 Å². The summed E-state index contributed by atoms with van der Waals surface area (Å²) in [7, 11) is 0. The number of hydrogen-bond acceptors (Lipinski definition) is 3. The predicted molar refractivity (Wildman–Crippen MR) is 75.5 cm³/mol. The Labute approximate surface area is 114 Å². The molecule has 5 nitrogen and oxygen atoms in total. The Kier molecular flexibility index (Phi) is 4.82. The van der Waals surface area contributed by atoms with Crippen LogP contribution < -0.4 is 5.73 Å². The number of hydrogen-bond donors (Lipinski definition) is 1. The van der Waals surface area contributed by atoms with Crippen LogP contribution in [-0.4, -0.2) is 33.7 Å². The lowest BCUT2D eigenvalue weighted by Crippen LogP contribution is -2.33. The summed E-state index contributed by atoms with van der Waals surface area (Å²) in [6, 6.07) is 1.78. The third-order valence-electron chi connectivity index (χ3n) is 3.88. The molecule has 2 rings (SSSR count). The van der Waals surface area contributed by atoms with E-state index in [-0.39, 0.29) is 0 Å². The molecule has 1 aromatic heterocycles. The molecule has 5 heteroatoms. The van der Waals surface area contributed by atoms with Crippen LogP contribution in [0, 0.1) is 5.92 Å². The van der Waals surface area contributed by atoms with E-state index in [0.717, 1.165) is 38.4 Å². The zero-order valence-corrected chi connectivity index (χ0v) is 11.7. The molecule has 0 radical (unpaired) electrons. The predicted octanol–water partition coefficient (Wildman–Crippen LogP) is 1.89. The minimum absolute atomic E-state index is 0.290. The van der Waals surface area contributed by atoms with Crippen molar-refractivity contribution < 1.29 is 4.79 Å². The first-order valence-electron chi connectivity index (χ1n) is 7.25. The van der Waals surface area contributed by atoms with Crippen molar-refractivity contribution in [1.82, 2.24) is 14.7 Å². The fraction of sp³-hybridized carbons (Fsp3) is 0.714. The van der Waals surface area contributed by atoms with Crippen molar-refractivity contribution >= 4 is 11.7 Å². The molecule has 1 atom stereocenters. The van der Waals surface area contributed by atoms with Crippen LogP contribution in [0.4, 0.5) is 5.82 Å². The van der Waals surface area contributed by atoms with Crippen LogP contribution >= 0.6 is 0 Å². The third kappa shape index (κ3) is 3.98. The molecule has 1 aliphatic rings. The average molecular weight is 264 g/mol. The Morgan fingerprint density at radius 3 is 2.95 bits per heavy atom. The van der Waals surface area contributed by atoms with E-state index in [0.29, 0.717) is 18.1 Å². The smallest absolute Gasteiger partial charge is 0.222 e. The van der Waals surface area contributed by atoms with Gasteiger partial charge in [0.25, 0.3) is 0 Å². The number of nitrogen functional groups attached to an aromatic ring is 1. The van der Waals surface area contributed by atoms with E-state index in [4.69, 9.17) is 5.73 Å². The van der Waals surface area contributed by atoms with Crippen molar-refractivity contribution in [3.8, 4) is 0 Å². The summed E-state index contributed by atoms with van der Waals surface area (Å²) in [6.07, 6.45) is 7.21. The number of anilines is 1. The van der Waals surface area contributed by atoms with Crippen molar-refractivity contribution in [1.29, 1.82) is 0 Å². The SMILES string of the molecule is CCCC1CCC(=O)N(CCn2ccc(N)n2)CC1. The quantitative estimate of drug-likeness (QED) is 0.883. The number of likely N-dealkylation sites (tertiary alicyclic amines) is 1. The largest absolute Gasteiger partial charge is 0.382 e. The van der Waals surface area contributed by atoms with Crippen molar-refractivity contribution in [3.05, 3.63) is 12.3 Å². The first kappa shape index (κ1) is 13.9. The van der Waals surface area contributed by atoms with Crippen LogP contribution in [0.5, 0.6) is 0 Å². The maximum atomic E-state index is 12.1. The van der Waals surface area contributed by atoms with Gasteiger partial charge in [-0.15, -0.1) is 0 Å². The summed E-state index contributed by atoms with van der Waals surface area (Å²) in [5, 5.41) is 4.14. The highest BCUT2D eigenvalue weighted by atomic mass is 16.2. The van der Waals surface area contributed by atoms with Crippen molar-refractivity contribution in [3.63, 3.8) is 0 Å². The van der Waals surface area contributed by atoms with E-state index in [1.807, 2.05) is 11.1 Å². The zero-order valence-electron chi connectivity index (χ0n) is 11.7. The molecule has 0 saturated carbocycles. The third-order valence-corrected chi connectivity index (χ3v) is 3.88. The van der Waals surface area contributed by atoms with Gasteiger partial charge in [0, 0.05) is 25.7 Å². The van der Waals surface area contributed by atoms with Gasteiger partial charge in [-0.3, -0.25) is 9.48 Å². The summed E-state index contributed by atoms with van der Waals surface area (Å²) in [4.78, 5) is 14.0. The molecule has 0 aliphatic carbocycles. The molecule has 1 amide bonds. The van der Waals surface area contributed by atoms with E-state index in [2.05, 4.69) is 12.0 Å². The highest BCUT2D eigenvalue weighted by molar-refractivity contribution is 5.76. The first-order chi connectivity index (χ1) is 9.19. The summed E-state index contributed by atoms with van der Waals surface area (Å²) in [5.74, 6) is 1.54. The van der Waals surface area contributed by atoms with Crippen molar-refractivity contribution in [2.75, 3.05) is 18.8 Å². The van der Waals surface area contributed by atoms with Gasteiger partial charge < -0.3 is 10.6 Å². The molecule has 1 fully saturated rings. The molecule has 1 aliphatic heterocycles. The van der Waals surface area contributed by atoms with Crippen molar-refractivity contribution in [2.24, 2.45) is 5.92 Å². The molecule has 1 unspecified atom stereocenters. The summed E-state index contributed by atoms with van der Waals surface area (Å²) < 4.78 is 1.80. The second-order valence-electron chi connectivity index (χ2n) is 5.37. The lowest BCUT2D eigenvalue weighted by molar-refractivity contribution is -0.130. The van der Waals surface area contributed by atoms with Gasteiger partial charge in [-0.05, 0) is 24.8 Å². The first-order valence-corrected chi connectivity index (χ1v) is 7.25. The van der Waals surface area contributed by atoms with Gasteiger partial charge in [-0.25, -0.2) is 0 Å². The molecule has 0 aromatic carbocycles. The number of nitrogens with two attached hydrogens (primary N) is 1. The van der Waals surface area contributed by atoms with Gasteiger partial charge in [0.1, 0.15) is 5.82 Å². The second kappa shape index (κ2) is 6.59. The molecule has 0 bridgehead atoms. The average Bonchev–Trinajstić information content (AvgIpc) is 2.72. The van der Waals surface area contributed by atoms with Crippen LogP contribution in [0.25, 0.3) is 0 Å². The Morgan fingerprint density at radius 2 is 2.26 bits per heavy atom. The standard InChI is InChI=1S/C14H24N4O/c1-2-3-12-4-5-14(19)17(8-6-12)10-11-18-9-7-13(15)16-18/h7,9,12H,2-6,8,10-11H2,1H3,(H2,15,16).